The van der Waals surface area contributed by atoms with Crippen molar-refractivity contribution < 1.29 is 18.7 Å². The van der Waals surface area contributed by atoms with Crippen molar-refractivity contribution in [2.24, 2.45) is 0 Å². The second kappa shape index (κ2) is 9.10. The van der Waals surface area contributed by atoms with Gasteiger partial charge >= 0.3 is 0 Å². The fourth-order valence-corrected chi connectivity index (χ4v) is 3.67. The van der Waals surface area contributed by atoms with E-state index >= 15 is 0 Å². The molecule has 1 aliphatic heterocycles. The second-order valence-corrected chi connectivity index (χ2v) is 7.23. The largest absolute Gasteiger partial charge is 0.493 e. The van der Waals surface area contributed by atoms with Gasteiger partial charge in [0.25, 0.3) is 5.91 Å². The highest BCUT2D eigenvalue weighted by Gasteiger charge is 2.29. The number of piperidine rings is 1. The highest BCUT2D eigenvalue weighted by Crippen LogP contribution is 2.28. The number of hydrogen-bond donors (Lipinski definition) is 0. The van der Waals surface area contributed by atoms with Crippen LogP contribution >= 0.6 is 0 Å². The van der Waals surface area contributed by atoms with Crippen LogP contribution in [-0.2, 0) is 6.42 Å². The van der Waals surface area contributed by atoms with Crippen molar-refractivity contribution in [1.29, 1.82) is 0 Å². The van der Waals surface area contributed by atoms with E-state index in [1.54, 1.807) is 21.1 Å². The molecule has 1 aliphatic rings. The van der Waals surface area contributed by atoms with Crippen molar-refractivity contribution in [2.75, 3.05) is 40.9 Å². The number of amides is 1. The summed E-state index contributed by atoms with van der Waals surface area (Å²) in [6.07, 6.45) is 4.31. The molecule has 1 fully saturated rings. The third kappa shape index (κ3) is 4.47. The molecule has 1 amide bonds. The van der Waals surface area contributed by atoms with Crippen molar-refractivity contribution in [1.82, 2.24) is 14.8 Å². The van der Waals surface area contributed by atoms with Crippen molar-refractivity contribution in [2.45, 2.75) is 32.2 Å². The normalized spacial score (nSPS) is 17.0. The molecule has 152 valence electrons. The van der Waals surface area contributed by atoms with Gasteiger partial charge in [-0.1, -0.05) is 6.07 Å². The number of carbonyl (C=O) groups is 1. The monoisotopic (exact) mass is 387 g/mol. The van der Waals surface area contributed by atoms with E-state index in [9.17, 15) is 4.79 Å². The van der Waals surface area contributed by atoms with E-state index in [0.29, 0.717) is 24.0 Å². The third-order valence-corrected chi connectivity index (χ3v) is 5.45. The zero-order valence-corrected chi connectivity index (χ0v) is 17.1. The summed E-state index contributed by atoms with van der Waals surface area (Å²) in [5, 5.41) is 0. The number of ether oxygens (including phenoxy) is 2. The Balaban J connectivity index is 1.58. The predicted molar refractivity (Wildman–Crippen MR) is 106 cm³/mol. The quantitative estimate of drug-likeness (QED) is 0.728. The highest BCUT2D eigenvalue weighted by molar-refractivity contribution is 5.92. The number of rotatable bonds is 7. The van der Waals surface area contributed by atoms with Gasteiger partial charge in [-0.05, 0) is 50.9 Å². The van der Waals surface area contributed by atoms with Crippen molar-refractivity contribution in [3.05, 3.63) is 41.6 Å². The van der Waals surface area contributed by atoms with E-state index in [4.69, 9.17) is 13.9 Å². The molecule has 7 nitrogen and oxygen atoms in total. The Morgan fingerprint density at radius 1 is 1.32 bits per heavy atom. The molecule has 0 unspecified atom stereocenters. The molecule has 0 spiro atoms. The number of aryl methyl sites for hydroxylation is 1. The first-order valence-corrected chi connectivity index (χ1v) is 9.64. The Bertz CT molecular complexity index is 805. The maximum atomic E-state index is 12.7. The zero-order valence-electron chi connectivity index (χ0n) is 17.1. The number of likely N-dealkylation sites (N-methyl/N-ethyl adjacent to an activating group) is 1. The van der Waals surface area contributed by atoms with E-state index < -0.39 is 0 Å². The summed E-state index contributed by atoms with van der Waals surface area (Å²) in [5.41, 5.74) is 1.85. The second-order valence-electron chi connectivity index (χ2n) is 7.23. The molecule has 0 aliphatic carbocycles. The van der Waals surface area contributed by atoms with Gasteiger partial charge in [0, 0.05) is 25.7 Å². The van der Waals surface area contributed by atoms with Crippen LogP contribution in [0.4, 0.5) is 0 Å². The van der Waals surface area contributed by atoms with Crippen LogP contribution in [0.5, 0.6) is 11.5 Å². The minimum Gasteiger partial charge on any atom is -0.493 e. The molecule has 2 heterocycles. The van der Waals surface area contributed by atoms with E-state index in [2.05, 4.69) is 23.0 Å². The predicted octanol–water partition coefficient (Wildman–Crippen LogP) is 2.78. The summed E-state index contributed by atoms with van der Waals surface area (Å²) in [7, 11) is 5.42. The van der Waals surface area contributed by atoms with Gasteiger partial charge in [0.2, 0.25) is 5.76 Å². The Labute approximate surface area is 166 Å². The molecule has 0 bridgehead atoms. The van der Waals surface area contributed by atoms with E-state index in [1.807, 2.05) is 17.0 Å². The molecule has 0 radical (unpaired) electrons. The Morgan fingerprint density at radius 3 is 2.79 bits per heavy atom. The highest BCUT2D eigenvalue weighted by atomic mass is 16.5. The molecule has 2 aromatic rings. The molecule has 0 saturated carbocycles. The maximum absolute atomic E-state index is 12.7. The third-order valence-electron chi connectivity index (χ3n) is 5.45. The molecule has 0 N–H and O–H groups in total. The first-order chi connectivity index (χ1) is 13.5. The van der Waals surface area contributed by atoms with Crippen molar-refractivity contribution in [3.63, 3.8) is 0 Å². The van der Waals surface area contributed by atoms with Crippen molar-refractivity contribution in [3.8, 4) is 11.5 Å². The smallest absolute Gasteiger partial charge is 0.291 e. The van der Waals surface area contributed by atoms with E-state index in [-0.39, 0.29) is 5.91 Å². The van der Waals surface area contributed by atoms with E-state index in [0.717, 1.165) is 43.9 Å². The number of nitrogens with zero attached hydrogens (tertiary/aromatic N) is 3. The van der Waals surface area contributed by atoms with Crippen LogP contribution in [0.1, 0.15) is 34.7 Å². The lowest BCUT2D eigenvalue weighted by Gasteiger charge is -2.37. The van der Waals surface area contributed by atoms with Crippen LogP contribution in [0.2, 0.25) is 0 Å². The lowest BCUT2D eigenvalue weighted by Crippen LogP contribution is -2.49. The number of oxazole rings is 1. The lowest BCUT2D eigenvalue weighted by atomic mass is 10.0. The summed E-state index contributed by atoms with van der Waals surface area (Å²) < 4.78 is 16.0. The maximum Gasteiger partial charge on any atom is 0.291 e. The SMILES string of the molecule is COc1ccc(CCN(C)[C@@H]2CCCN(C(=O)c3ocnc3C)C2)cc1OC. The topological polar surface area (TPSA) is 68.0 Å². The van der Waals surface area contributed by atoms with Gasteiger partial charge in [0.05, 0.1) is 19.9 Å². The number of benzene rings is 1. The number of hydrogen-bond acceptors (Lipinski definition) is 6. The number of carbonyl (C=O) groups excluding carboxylic acids is 1. The number of likely N-dealkylation sites (tertiary alicyclic amines) is 1. The lowest BCUT2D eigenvalue weighted by molar-refractivity contribution is 0.0580. The molecule has 1 saturated heterocycles. The number of methoxy groups -OCH3 is 2. The van der Waals surface area contributed by atoms with Gasteiger partial charge in [-0.3, -0.25) is 4.79 Å². The molecular formula is C21H29N3O4. The summed E-state index contributed by atoms with van der Waals surface area (Å²) in [5.74, 6) is 1.78. The molecule has 7 heteroatoms. The van der Waals surface area contributed by atoms with Crippen LogP contribution in [-0.4, -0.2) is 67.6 Å². The average molecular weight is 387 g/mol. The molecule has 28 heavy (non-hydrogen) atoms. The summed E-state index contributed by atoms with van der Waals surface area (Å²) in [6.45, 7) is 4.18. The van der Waals surface area contributed by atoms with E-state index in [1.165, 1.54) is 12.0 Å². The standard InChI is InChI=1S/C21H29N3O4/c1-15-20(28-14-22-15)21(25)24-10-5-6-17(13-24)23(2)11-9-16-7-8-18(26-3)19(12-16)27-4/h7-8,12,14,17H,5-6,9-11,13H2,1-4H3/t17-/m1/s1. The fraction of sp³-hybridized carbons (Fsp3) is 0.524. The Hall–Kier alpha value is -2.54. The summed E-state index contributed by atoms with van der Waals surface area (Å²) >= 11 is 0. The molecular weight excluding hydrogens is 358 g/mol. The molecule has 3 rings (SSSR count). The van der Waals surface area contributed by atoms with Gasteiger partial charge < -0.3 is 23.7 Å². The van der Waals surface area contributed by atoms with Gasteiger partial charge in [-0.15, -0.1) is 0 Å². The van der Waals surface area contributed by atoms with Gasteiger partial charge in [-0.2, -0.15) is 0 Å². The minimum absolute atomic E-state index is 0.0620. The van der Waals surface area contributed by atoms with Gasteiger partial charge in [0.1, 0.15) is 0 Å². The van der Waals surface area contributed by atoms with Crippen molar-refractivity contribution >= 4 is 5.91 Å². The van der Waals surface area contributed by atoms with Gasteiger partial charge in [0.15, 0.2) is 17.9 Å². The molecule has 1 atom stereocenters. The van der Waals surface area contributed by atoms with Crippen LogP contribution < -0.4 is 9.47 Å². The fourth-order valence-electron chi connectivity index (χ4n) is 3.67. The van der Waals surface area contributed by atoms with Gasteiger partial charge in [-0.25, -0.2) is 4.98 Å². The zero-order chi connectivity index (χ0) is 20.1. The Morgan fingerprint density at radius 2 is 2.11 bits per heavy atom. The average Bonchev–Trinajstić information content (AvgIpc) is 3.17. The van der Waals surface area contributed by atoms with Crippen LogP contribution in [0.25, 0.3) is 0 Å². The van der Waals surface area contributed by atoms with Crippen LogP contribution in [0.15, 0.2) is 29.0 Å². The summed E-state index contributed by atoms with van der Waals surface area (Å²) in [4.78, 5) is 21.0. The Kier molecular flexibility index (Phi) is 6.57. The first-order valence-electron chi connectivity index (χ1n) is 9.64. The van der Waals surface area contributed by atoms with Crippen LogP contribution in [0, 0.1) is 6.92 Å². The minimum atomic E-state index is -0.0620. The van der Waals surface area contributed by atoms with Crippen LogP contribution in [0.3, 0.4) is 0 Å². The first kappa shape index (κ1) is 20.2. The molecule has 1 aromatic carbocycles. The number of aromatic nitrogens is 1. The summed E-state index contributed by atoms with van der Waals surface area (Å²) in [6, 6.07) is 6.37. The molecule has 1 aromatic heterocycles.